The smallest absolute Gasteiger partial charge is 0.304 e. The van der Waals surface area contributed by atoms with E-state index in [0.717, 1.165) is 16.1 Å². The number of carboxylic acid groups (broad SMARTS) is 1. The number of ether oxygens (including phenoxy) is 1. The van der Waals surface area contributed by atoms with Crippen molar-refractivity contribution < 1.29 is 23.8 Å². The summed E-state index contributed by atoms with van der Waals surface area (Å²) >= 11 is 1.41. The summed E-state index contributed by atoms with van der Waals surface area (Å²) in [4.78, 5) is 29.6. The van der Waals surface area contributed by atoms with E-state index < -0.39 is 5.97 Å². The zero-order chi connectivity index (χ0) is 25.5. The molecule has 36 heavy (non-hydrogen) atoms. The molecule has 1 atom stereocenters. The van der Waals surface area contributed by atoms with E-state index in [4.69, 9.17) is 9.84 Å². The molecule has 8 heteroatoms. The highest BCUT2D eigenvalue weighted by Gasteiger charge is 2.23. The number of carbonyl (C=O) groups is 2. The van der Waals surface area contributed by atoms with Gasteiger partial charge in [0.15, 0.2) is 0 Å². The van der Waals surface area contributed by atoms with Crippen LogP contribution in [0, 0.1) is 17.7 Å². The Hall–Kier alpha value is -3.83. The van der Waals surface area contributed by atoms with Crippen LogP contribution in [0.4, 0.5) is 10.1 Å². The fraction of sp³-hybridized carbons (Fsp3) is 0.286. The molecule has 0 bridgehead atoms. The highest BCUT2D eigenvalue weighted by atomic mass is 32.1. The molecule has 1 saturated heterocycles. The van der Waals surface area contributed by atoms with Gasteiger partial charge in [0, 0.05) is 36.7 Å². The highest BCUT2D eigenvalue weighted by Crippen LogP contribution is 2.25. The third-order valence-electron chi connectivity index (χ3n) is 5.97. The zero-order valence-electron chi connectivity index (χ0n) is 19.9. The fourth-order valence-electron chi connectivity index (χ4n) is 4.12. The summed E-state index contributed by atoms with van der Waals surface area (Å²) in [6.45, 7) is 4.50. The molecule has 0 spiro atoms. The Kier molecular flexibility index (Phi) is 8.24. The maximum absolute atomic E-state index is 13.5. The van der Waals surface area contributed by atoms with E-state index in [1.54, 1.807) is 25.1 Å². The van der Waals surface area contributed by atoms with E-state index in [2.05, 4.69) is 16.7 Å². The topological polar surface area (TPSA) is 70.1 Å². The summed E-state index contributed by atoms with van der Waals surface area (Å²) in [6.07, 6.45) is -0.0487. The second kappa shape index (κ2) is 11.7. The third-order valence-corrected chi connectivity index (χ3v) is 7.02. The van der Waals surface area contributed by atoms with E-state index in [0.29, 0.717) is 43.4 Å². The van der Waals surface area contributed by atoms with Crippen LogP contribution in [0.3, 0.4) is 0 Å². The van der Waals surface area contributed by atoms with Gasteiger partial charge in [-0.1, -0.05) is 24.1 Å². The summed E-state index contributed by atoms with van der Waals surface area (Å²) < 4.78 is 19.4. The lowest BCUT2D eigenvalue weighted by Crippen LogP contribution is -2.48. The van der Waals surface area contributed by atoms with Gasteiger partial charge in [-0.05, 0) is 55.0 Å². The van der Waals surface area contributed by atoms with Crippen molar-refractivity contribution in [3.05, 3.63) is 81.8 Å². The van der Waals surface area contributed by atoms with Gasteiger partial charge >= 0.3 is 5.97 Å². The Morgan fingerprint density at radius 1 is 1.08 bits per heavy atom. The van der Waals surface area contributed by atoms with E-state index in [-0.39, 0.29) is 24.1 Å². The van der Waals surface area contributed by atoms with Crippen LogP contribution >= 0.6 is 11.3 Å². The third kappa shape index (κ3) is 6.43. The lowest BCUT2D eigenvalue weighted by atomic mass is 9.96. The van der Waals surface area contributed by atoms with Gasteiger partial charge in [-0.25, -0.2) is 4.39 Å². The SMILES string of the molecule is CC#CC(CC(=O)O)c1ccc(OCc2ccc(C(=O)N3CCN(c4cccc(F)c4)CC3)s2)cc1. The van der Waals surface area contributed by atoms with Crippen LogP contribution in [-0.2, 0) is 11.4 Å². The average molecular weight is 507 g/mol. The number of aliphatic carboxylic acids is 1. The van der Waals surface area contributed by atoms with Crippen molar-refractivity contribution >= 4 is 28.9 Å². The monoisotopic (exact) mass is 506 g/mol. The second-order valence-electron chi connectivity index (χ2n) is 8.43. The number of halogens is 1. The molecule has 0 radical (unpaired) electrons. The summed E-state index contributed by atoms with van der Waals surface area (Å²) in [5, 5.41) is 9.10. The van der Waals surface area contributed by atoms with Crippen LogP contribution in [0.25, 0.3) is 0 Å². The molecule has 1 amide bonds. The first-order valence-corrected chi connectivity index (χ1v) is 12.5. The molecule has 1 aliphatic heterocycles. The minimum absolute atomic E-state index is 0.00370. The van der Waals surface area contributed by atoms with Gasteiger partial charge in [0.05, 0.1) is 17.2 Å². The molecule has 6 nitrogen and oxygen atoms in total. The van der Waals surface area contributed by atoms with Crippen LogP contribution < -0.4 is 9.64 Å². The first-order chi connectivity index (χ1) is 17.4. The van der Waals surface area contributed by atoms with Crippen molar-refractivity contribution in [2.24, 2.45) is 0 Å². The number of thiophene rings is 1. The van der Waals surface area contributed by atoms with Crippen molar-refractivity contribution in [2.45, 2.75) is 25.9 Å². The number of piperazine rings is 1. The number of benzene rings is 2. The van der Waals surface area contributed by atoms with Crippen LogP contribution in [0.15, 0.2) is 60.7 Å². The van der Waals surface area contributed by atoms with E-state index in [1.807, 2.05) is 35.2 Å². The van der Waals surface area contributed by atoms with Gasteiger partial charge in [0.2, 0.25) is 0 Å². The molecule has 2 aromatic carbocycles. The van der Waals surface area contributed by atoms with Gasteiger partial charge in [-0.3, -0.25) is 9.59 Å². The zero-order valence-corrected chi connectivity index (χ0v) is 20.8. The number of rotatable bonds is 8. The van der Waals surface area contributed by atoms with Crippen molar-refractivity contribution in [1.82, 2.24) is 4.90 Å². The standard InChI is InChI=1S/C28H27FN2O4S/c1-2-4-21(17-27(32)33)20-7-9-24(10-8-20)35-19-25-11-12-26(36-25)28(34)31-15-13-30(14-16-31)23-6-3-5-22(29)18-23/h3,5-12,18,21H,13-17,19H2,1H3,(H,32,33). The minimum atomic E-state index is -0.889. The van der Waals surface area contributed by atoms with Crippen molar-refractivity contribution in [3.63, 3.8) is 0 Å². The molecule has 1 aliphatic rings. The molecule has 0 saturated carbocycles. The molecule has 3 aromatic rings. The van der Waals surface area contributed by atoms with Gasteiger partial charge in [0.1, 0.15) is 18.2 Å². The Bertz CT molecular complexity index is 1270. The van der Waals surface area contributed by atoms with Crippen LogP contribution in [0.1, 0.15) is 39.4 Å². The molecule has 1 aromatic heterocycles. The molecular weight excluding hydrogens is 479 g/mol. The van der Waals surface area contributed by atoms with Crippen molar-refractivity contribution in [3.8, 4) is 17.6 Å². The van der Waals surface area contributed by atoms with E-state index >= 15 is 0 Å². The first kappa shape index (κ1) is 25.3. The summed E-state index contributed by atoms with van der Waals surface area (Å²) in [5.74, 6) is 4.87. The molecule has 0 aliphatic carbocycles. The van der Waals surface area contributed by atoms with Crippen molar-refractivity contribution in [2.75, 3.05) is 31.1 Å². The van der Waals surface area contributed by atoms with Crippen LogP contribution in [-0.4, -0.2) is 48.1 Å². The number of carboxylic acids is 1. The normalized spacial score (nSPS) is 14.1. The predicted molar refractivity (Wildman–Crippen MR) is 138 cm³/mol. The first-order valence-electron chi connectivity index (χ1n) is 11.7. The number of hydrogen-bond donors (Lipinski definition) is 1. The summed E-state index contributed by atoms with van der Waals surface area (Å²) in [7, 11) is 0. The average Bonchev–Trinajstić information content (AvgIpc) is 3.36. The van der Waals surface area contributed by atoms with Crippen LogP contribution in [0.2, 0.25) is 0 Å². The van der Waals surface area contributed by atoms with Crippen molar-refractivity contribution in [1.29, 1.82) is 0 Å². The van der Waals surface area contributed by atoms with E-state index in [9.17, 15) is 14.0 Å². The second-order valence-corrected chi connectivity index (χ2v) is 9.60. The molecule has 1 N–H and O–H groups in total. The van der Waals surface area contributed by atoms with Gasteiger partial charge in [-0.15, -0.1) is 17.3 Å². The highest BCUT2D eigenvalue weighted by molar-refractivity contribution is 7.14. The maximum atomic E-state index is 13.5. The number of anilines is 1. The number of carbonyl (C=O) groups excluding carboxylic acids is 1. The lowest BCUT2D eigenvalue weighted by Gasteiger charge is -2.36. The molecule has 186 valence electrons. The van der Waals surface area contributed by atoms with Gasteiger partial charge < -0.3 is 19.6 Å². The largest absolute Gasteiger partial charge is 0.488 e. The molecule has 2 heterocycles. The summed E-state index contributed by atoms with van der Waals surface area (Å²) in [6, 6.07) is 17.5. The molecule has 1 unspecified atom stereocenters. The van der Waals surface area contributed by atoms with Crippen LogP contribution in [0.5, 0.6) is 5.75 Å². The Balaban J connectivity index is 1.29. The van der Waals surface area contributed by atoms with E-state index in [1.165, 1.54) is 23.5 Å². The quantitative estimate of drug-likeness (QED) is 0.435. The van der Waals surface area contributed by atoms with Gasteiger partial charge in [-0.2, -0.15) is 0 Å². The predicted octanol–water partition coefficient (Wildman–Crippen LogP) is 5.01. The Morgan fingerprint density at radius 3 is 2.50 bits per heavy atom. The Labute approximate surface area is 213 Å². The minimum Gasteiger partial charge on any atom is -0.488 e. The molecular formula is C28H27FN2O4S. The molecule has 1 fully saturated rings. The van der Waals surface area contributed by atoms with Gasteiger partial charge in [0.25, 0.3) is 5.91 Å². The maximum Gasteiger partial charge on any atom is 0.304 e. The fourth-order valence-corrected chi connectivity index (χ4v) is 5.01. The number of amides is 1. The lowest BCUT2D eigenvalue weighted by molar-refractivity contribution is -0.137. The summed E-state index contributed by atoms with van der Waals surface area (Å²) in [5.41, 5.74) is 1.67. The molecule has 4 rings (SSSR count). The Morgan fingerprint density at radius 2 is 1.83 bits per heavy atom. The number of nitrogens with zero attached hydrogens (tertiary/aromatic N) is 2. The number of hydrogen-bond acceptors (Lipinski definition) is 5.